The molecule has 3 rings (SSSR count). The van der Waals surface area contributed by atoms with Crippen LogP contribution in [0.1, 0.15) is 5.56 Å². The van der Waals surface area contributed by atoms with Crippen molar-refractivity contribution in [3.8, 4) is 22.8 Å². The lowest BCUT2D eigenvalue weighted by atomic mass is 10.1. The number of halogens is 2. The second kappa shape index (κ2) is 5.57. The van der Waals surface area contributed by atoms with Gasteiger partial charge in [0.05, 0.1) is 11.3 Å². The van der Waals surface area contributed by atoms with E-state index in [1.165, 1.54) is 0 Å². The van der Waals surface area contributed by atoms with E-state index in [0.717, 1.165) is 20.1 Å². The van der Waals surface area contributed by atoms with Crippen LogP contribution in [0.5, 0.6) is 0 Å². The number of anilines is 1. The summed E-state index contributed by atoms with van der Waals surface area (Å²) in [6.45, 7) is 1.97. The lowest BCUT2D eigenvalue weighted by Gasteiger charge is -2.04. The fraction of sp³-hybridized carbons (Fsp3) is 0.0714. The van der Waals surface area contributed by atoms with E-state index in [2.05, 4.69) is 47.0 Å². The summed E-state index contributed by atoms with van der Waals surface area (Å²) < 4.78 is 6.98. The van der Waals surface area contributed by atoms with Crippen LogP contribution in [-0.4, -0.2) is 15.1 Å². The molecule has 0 saturated carbocycles. The van der Waals surface area contributed by atoms with Crippen molar-refractivity contribution < 1.29 is 4.52 Å². The highest BCUT2D eigenvalue weighted by atomic mass is 79.9. The van der Waals surface area contributed by atoms with Crippen molar-refractivity contribution in [3.05, 3.63) is 45.1 Å². The minimum absolute atomic E-state index is 0.368. The van der Waals surface area contributed by atoms with Crippen molar-refractivity contribution in [3.63, 3.8) is 0 Å². The zero-order chi connectivity index (χ0) is 15.0. The highest BCUT2D eigenvalue weighted by Gasteiger charge is 2.16. The minimum Gasteiger partial charge on any atom is -0.397 e. The number of aromatic nitrogens is 3. The molecule has 0 saturated heterocycles. The van der Waals surface area contributed by atoms with Crippen molar-refractivity contribution in [2.45, 2.75) is 6.92 Å². The molecule has 0 unspecified atom stereocenters. The molecule has 0 radical (unpaired) electrons. The second-order valence-electron chi connectivity index (χ2n) is 4.46. The molecule has 3 aromatic rings. The molecule has 0 spiro atoms. The van der Waals surface area contributed by atoms with Crippen molar-refractivity contribution >= 4 is 37.5 Å². The summed E-state index contributed by atoms with van der Waals surface area (Å²) in [5, 5.41) is 4.01. The molecule has 2 N–H and O–H groups in total. The van der Waals surface area contributed by atoms with Gasteiger partial charge in [0, 0.05) is 26.9 Å². The van der Waals surface area contributed by atoms with Gasteiger partial charge in [0.1, 0.15) is 0 Å². The van der Waals surface area contributed by atoms with E-state index < -0.39 is 0 Å². The molecule has 5 nitrogen and oxygen atoms in total. The third-order valence-electron chi connectivity index (χ3n) is 3.03. The van der Waals surface area contributed by atoms with Gasteiger partial charge in [0.2, 0.25) is 5.82 Å². The van der Waals surface area contributed by atoms with Crippen LogP contribution in [0.3, 0.4) is 0 Å². The third-order valence-corrected chi connectivity index (χ3v) is 4.14. The van der Waals surface area contributed by atoms with Crippen LogP contribution in [0.15, 0.2) is 44.1 Å². The fourth-order valence-electron chi connectivity index (χ4n) is 1.90. The Morgan fingerprint density at radius 2 is 2.00 bits per heavy atom. The summed E-state index contributed by atoms with van der Waals surface area (Å²) in [7, 11) is 0. The van der Waals surface area contributed by atoms with Gasteiger partial charge in [-0.2, -0.15) is 4.98 Å². The number of hydrogen-bond donors (Lipinski definition) is 1. The van der Waals surface area contributed by atoms with Gasteiger partial charge in [-0.1, -0.05) is 21.1 Å². The van der Waals surface area contributed by atoms with Gasteiger partial charge in [-0.25, -0.2) is 0 Å². The molecule has 0 aliphatic heterocycles. The SMILES string of the molecule is Cc1ccncc1-c1noc(-c2cc(Br)cc(Br)c2N)n1. The van der Waals surface area contributed by atoms with E-state index in [1.54, 1.807) is 12.4 Å². The number of pyridine rings is 1. The maximum absolute atomic E-state index is 6.05. The first-order valence-electron chi connectivity index (χ1n) is 6.06. The minimum atomic E-state index is 0.368. The smallest absolute Gasteiger partial charge is 0.260 e. The van der Waals surface area contributed by atoms with Gasteiger partial charge >= 0.3 is 0 Å². The molecule has 0 amide bonds. The van der Waals surface area contributed by atoms with E-state index in [9.17, 15) is 0 Å². The largest absolute Gasteiger partial charge is 0.397 e. The summed E-state index contributed by atoms with van der Waals surface area (Å²) in [6, 6.07) is 5.60. The molecule has 106 valence electrons. The van der Waals surface area contributed by atoms with Gasteiger partial charge in [0.15, 0.2) is 0 Å². The monoisotopic (exact) mass is 408 g/mol. The van der Waals surface area contributed by atoms with Crippen LogP contribution in [0, 0.1) is 6.92 Å². The summed E-state index contributed by atoms with van der Waals surface area (Å²) in [5.41, 5.74) is 9.14. The van der Waals surface area contributed by atoms with Crippen LogP contribution in [0.2, 0.25) is 0 Å². The molecule has 0 bridgehead atoms. The molecule has 0 fully saturated rings. The van der Waals surface area contributed by atoms with Crippen LogP contribution in [0.25, 0.3) is 22.8 Å². The zero-order valence-electron chi connectivity index (χ0n) is 11.0. The Hall–Kier alpha value is -1.73. The normalized spacial score (nSPS) is 10.8. The molecule has 21 heavy (non-hydrogen) atoms. The number of benzene rings is 1. The van der Waals surface area contributed by atoms with E-state index in [-0.39, 0.29) is 0 Å². The van der Waals surface area contributed by atoms with Gasteiger partial charge in [-0.15, -0.1) is 0 Å². The summed E-state index contributed by atoms with van der Waals surface area (Å²) in [4.78, 5) is 8.50. The van der Waals surface area contributed by atoms with E-state index >= 15 is 0 Å². The zero-order valence-corrected chi connectivity index (χ0v) is 14.1. The predicted molar refractivity (Wildman–Crippen MR) is 87.5 cm³/mol. The van der Waals surface area contributed by atoms with Crippen LogP contribution < -0.4 is 5.73 Å². The van der Waals surface area contributed by atoms with Crippen molar-refractivity contribution in [2.75, 3.05) is 5.73 Å². The Balaban J connectivity index is 2.09. The predicted octanol–water partition coefficient (Wildman–Crippen LogP) is 4.21. The molecular formula is C14H10Br2N4O. The fourth-order valence-corrected chi connectivity index (χ4v) is 3.13. The highest BCUT2D eigenvalue weighted by molar-refractivity contribution is 9.11. The van der Waals surface area contributed by atoms with Crippen LogP contribution in [0.4, 0.5) is 5.69 Å². The molecule has 2 heterocycles. The Bertz CT molecular complexity index is 816. The second-order valence-corrected chi connectivity index (χ2v) is 6.23. The van der Waals surface area contributed by atoms with Crippen molar-refractivity contribution in [1.29, 1.82) is 0 Å². The van der Waals surface area contributed by atoms with E-state index in [0.29, 0.717) is 23.0 Å². The average molecular weight is 410 g/mol. The Kier molecular flexibility index (Phi) is 3.77. The lowest BCUT2D eigenvalue weighted by molar-refractivity contribution is 0.432. The quantitative estimate of drug-likeness (QED) is 0.641. The van der Waals surface area contributed by atoms with Gasteiger partial charge in [-0.05, 0) is 46.6 Å². The van der Waals surface area contributed by atoms with E-state index in [1.807, 2.05) is 25.1 Å². The summed E-state index contributed by atoms with van der Waals surface area (Å²) in [5.74, 6) is 0.860. The molecule has 0 aliphatic carbocycles. The Labute approximate surface area is 137 Å². The van der Waals surface area contributed by atoms with Gasteiger partial charge < -0.3 is 10.3 Å². The van der Waals surface area contributed by atoms with Crippen molar-refractivity contribution in [1.82, 2.24) is 15.1 Å². The molecule has 0 aliphatic rings. The maximum Gasteiger partial charge on any atom is 0.260 e. The number of hydrogen-bond acceptors (Lipinski definition) is 5. The highest BCUT2D eigenvalue weighted by Crippen LogP contribution is 2.35. The van der Waals surface area contributed by atoms with Gasteiger partial charge in [0.25, 0.3) is 5.89 Å². The van der Waals surface area contributed by atoms with E-state index in [4.69, 9.17) is 10.3 Å². The van der Waals surface area contributed by atoms with Crippen molar-refractivity contribution in [2.24, 2.45) is 0 Å². The molecule has 0 atom stereocenters. The standard InChI is InChI=1S/C14H10Br2N4O/c1-7-2-3-18-6-10(7)13-19-14(21-20-13)9-4-8(15)5-11(16)12(9)17/h2-6H,17H2,1H3. The number of nitrogens with zero attached hydrogens (tertiary/aromatic N) is 3. The van der Waals surface area contributed by atoms with Crippen LogP contribution >= 0.6 is 31.9 Å². The molecule has 7 heteroatoms. The topological polar surface area (TPSA) is 77.8 Å². The number of aryl methyl sites for hydroxylation is 1. The molecule has 1 aromatic carbocycles. The summed E-state index contributed by atoms with van der Waals surface area (Å²) in [6.07, 6.45) is 3.44. The Morgan fingerprint density at radius 1 is 1.19 bits per heavy atom. The first-order chi connectivity index (χ1) is 10.1. The van der Waals surface area contributed by atoms with Crippen LogP contribution in [-0.2, 0) is 0 Å². The first-order valence-corrected chi connectivity index (χ1v) is 7.64. The lowest BCUT2D eigenvalue weighted by Crippen LogP contribution is -1.92. The third kappa shape index (κ3) is 2.71. The molecule has 2 aromatic heterocycles. The molecular weight excluding hydrogens is 400 g/mol. The summed E-state index contributed by atoms with van der Waals surface area (Å²) >= 11 is 6.82. The first kappa shape index (κ1) is 14.2. The van der Waals surface area contributed by atoms with Gasteiger partial charge in [-0.3, -0.25) is 4.98 Å². The number of rotatable bonds is 2. The number of nitrogen functional groups attached to an aromatic ring is 1. The number of nitrogens with two attached hydrogens (primary N) is 1. The maximum atomic E-state index is 6.05. The average Bonchev–Trinajstić information content (AvgIpc) is 2.92. The Morgan fingerprint density at radius 3 is 2.76 bits per heavy atom.